The predicted molar refractivity (Wildman–Crippen MR) is 94.4 cm³/mol. The Labute approximate surface area is 146 Å². The van der Waals surface area contributed by atoms with E-state index < -0.39 is 6.17 Å². The summed E-state index contributed by atoms with van der Waals surface area (Å²) in [5, 5.41) is 4.13. The number of para-hydroxylation sites is 1. The van der Waals surface area contributed by atoms with Crippen molar-refractivity contribution in [1.82, 2.24) is 9.96 Å². The van der Waals surface area contributed by atoms with Crippen molar-refractivity contribution in [1.29, 1.82) is 0 Å². The summed E-state index contributed by atoms with van der Waals surface area (Å²) in [6.07, 6.45) is -0.771. The molecule has 1 heterocycles. The largest absolute Gasteiger partial charge is 0.324 e. The van der Waals surface area contributed by atoms with Crippen molar-refractivity contribution in [3.63, 3.8) is 0 Å². The first-order valence-electron chi connectivity index (χ1n) is 8.22. The molecular weight excluding hydrogens is 318 g/mol. The number of nitrogens with one attached hydrogen (secondary N) is 1. The summed E-state index contributed by atoms with van der Waals surface area (Å²) in [5.74, 6) is -0.245. The normalized spacial score (nSPS) is 17.2. The lowest BCUT2D eigenvalue weighted by molar-refractivity contribution is -0.212. The molecule has 0 bridgehead atoms. The lowest BCUT2D eigenvalue weighted by Crippen LogP contribution is -2.38. The molecule has 0 aromatic heterocycles. The van der Waals surface area contributed by atoms with Gasteiger partial charge in [-0.15, -0.1) is 0 Å². The number of urea groups is 1. The molecule has 25 heavy (non-hydrogen) atoms. The van der Waals surface area contributed by atoms with E-state index >= 15 is 0 Å². The minimum atomic E-state index is -0.597. The van der Waals surface area contributed by atoms with E-state index in [9.17, 15) is 9.59 Å². The Morgan fingerprint density at radius 1 is 1.08 bits per heavy atom. The first-order valence-corrected chi connectivity index (χ1v) is 8.22. The second-order valence-electron chi connectivity index (χ2n) is 6.08. The molecule has 6 heteroatoms. The van der Waals surface area contributed by atoms with Gasteiger partial charge in [0.25, 0.3) is 5.91 Å². The quantitative estimate of drug-likeness (QED) is 0.928. The Bertz CT molecular complexity index is 734. The molecular formula is C19H21N3O3. The highest BCUT2D eigenvalue weighted by Gasteiger charge is 2.43. The number of amides is 3. The molecule has 6 nitrogen and oxygen atoms in total. The number of nitrogens with zero attached hydrogens (tertiary/aromatic N) is 2. The Morgan fingerprint density at radius 3 is 2.28 bits per heavy atom. The number of hydrogen-bond donors (Lipinski definition) is 1. The van der Waals surface area contributed by atoms with Gasteiger partial charge < -0.3 is 5.32 Å². The van der Waals surface area contributed by atoms with Crippen LogP contribution in [0.3, 0.4) is 0 Å². The van der Waals surface area contributed by atoms with E-state index in [1.54, 1.807) is 12.1 Å². The molecule has 2 aromatic rings. The highest BCUT2D eigenvalue weighted by molar-refractivity contribution is 5.94. The van der Waals surface area contributed by atoms with Gasteiger partial charge >= 0.3 is 6.03 Å². The first-order chi connectivity index (χ1) is 12.1. The number of hydroxylamine groups is 2. The average Bonchev–Trinajstić information content (AvgIpc) is 2.93. The number of carbonyl (C=O) groups excluding carboxylic acids is 2. The van der Waals surface area contributed by atoms with Crippen LogP contribution in [0.5, 0.6) is 0 Å². The lowest BCUT2D eigenvalue weighted by Gasteiger charge is -2.30. The van der Waals surface area contributed by atoms with Gasteiger partial charge in [-0.2, -0.15) is 5.06 Å². The zero-order chi connectivity index (χ0) is 17.8. The van der Waals surface area contributed by atoms with E-state index in [-0.39, 0.29) is 24.6 Å². The summed E-state index contributed by atoms with van der Waals surface area (Å²) in [6.45, 7) is 3.66. The van der Waals surface area contributed by atoms with Gasteiger partial charge in [-0.1, -0.05) is 48.5 Å². The number of carbonyl (C=O) groups is 2. The van der Waals surface area contributed by atoms with E-state index in [2.05, 4.69) is 5.32 Å². The average molecular weight is 339 g/mol. The first kappa shape index (κ1) is 17.0. The van der Waals surface area contributed by atoms with E-state index in [1.165, 1.54) is 9.96 Å². The maximum atomic E-state index is 12.8. The second-order valence-corrected chi connectivity index (χ2v) is 6.08. The standard InChI is InChI=1S/C19H21N3O3/c1-14(2)25-22-17(23)13-21(18(22)15-9-5-3-6-10-15)19(24)20-16-11-7-4-8-12-16/h3-12,14,18H,13H2,1-2H3,(H,20,24)/t18-/m1/s1. The fraction of sp³-hybridized carbons (Fsp3) is 0.263. The maximum absolute atomic E-state index is 12.8. The van der Waals surface area contributed by atoms with Crippen molar-refractivity contribution >= 4 is 17.6 Å². The zero-order valence-electron chi connectivity index (χ0n) is 14.3. The van der Waals surface area contributed by atoms with Crippen LogP contribution in [0.25, 0.3) is 0 Å². The molecule has 0 aliphatic carbocycles. The molecule has 0 saturated carbocycles. The highest BCUT2D eigenvalue weighted by atomic mass is 16.7. The van der Waals surface area contributed by atoms with Crippen LogP contribution in [0, 0.1) is 0 Å². The van der Waals surface area contributed by atoms with Gasteiger partial charge in [-0.3, -0.25) is 14.5 Å². The lowest BCUT2D eigenvalue weighted by atomic mass is 10.1. The van der Waals surface area contributed by atoms with Crippen molar-refractivity contribution in [2.75, 3.05) is 11.9 Å². The van der Waals surface area contributed by atoms with Crippen molar-refractivity contribution in [2.45, 2.75) is 26.1 Å². The number of anilines is 1. The second kappa shape index (κ2) is 7.36. The van der Waals surface area contributed by atoms with Gasteiger partial charge in [0.1, 0.15) is 6.54 Å². The summed E-state index contributed by atoms with van der Waals surface area (Å²) in [7, 11) is 0. The van der Waals surface area contributed by atoms with Crippen molar-refractivity contribution in [3.8, 4) is 0 Å². The third kappa shape index (κ3) is 3.80. The fourth-order valence-electron chi connectivity index (χ4n) is 2.75. The Hall–Kier alpha value is -2.86. The van der Waals surface area contributed by atoms with Gasteiger partial charge in [0.15, 0.2) is 6.17 Å². The topological polar surface area (TPSA) is 61.9 Å². The SMILES string of the molecule is CC(C)ON1C(=O)CN(C(=O)Nc2ccccc2)[C@H]1c1ccccc1. The summed E-state index contributed by atoms with van der Waals surface area (Å²) < 4.78 is 0. The van der Waals surface area contributed by atoms with E-state index in [1.807, 2.05) is 62.4 Å². The fourth-order valence-corrected chi connectivity index (χ4v) is 2.75. The maximum Gasteiger partial charge on any atom is 0.324 e. The van der Waals surface area contributed by atoms with Crippen LogP contribution < -0.4 is 5.32 Å². The van der Waals surface area contributed by atoms with Gasteiger partial charge in [0, 0.05) is 5.69 Å². The number of rotatable bonds is 4. The van der Waals surface area contributed by atoms with Crippen LogP contribution >= 0.6 is 0 Å². The summed E-state index contributed by atoms with van der Waals surface area (Å²) in [5.41, 5.74) is 1.49. The molecule has 0 spiro atoms. The van der Waals surface area contributed by atoms with Crippen LogP contribution in [-0.4, -0.2) is 34.6 Å². The van der Waals surface area contributed by atoms with Crippen LogP contribution in [0.2, 0.25) is 0 Å². The van der Waals surface area contributed by atoms with Gasteiger partial charge in [-0.25, -0.2) is 4.79 Å². The molecule has 2 aromatic carbocycles. The Morgan fingerprint density at radius 2 is 1.68 bits per heavy atom. The molecule has 0 unspecified atom stereocenters. The van der Waals surface area contributed by atoms with E-state index in [0.29, 0.717) is 5.69 Å². The van der Waals surface area contributed by atoms with E-state index in [0.717, 1.165) is 5.56 Å². The van der Waals surface area contributed by atoms with Gasteiger partial charge in [-0.05, 0) is 31.5 Å². The zero-order valence-corrected chi connectivity index (χ0v) is 14.3. The molecule has 1 atom stereocenters. The number of benzene rings is 2. The monoisotopic (exact) mass is 339 g/mol. The number of hydrogen-bond acceptors (Lipinski definition) is 3. The minimum absolute atomic E-state index is 0.0368. The molecule has 1 aliphatic rings. The molecule has 130 valence electrons. The molecule has 1 aliphatic heterocycles. The minimum Gasteiger partial charge on any atom is -0.308 e. The van der Waals surface area contributed by atoms with Crippen LogP contribution in [0.4, 0.5) is 10.5 Å². The Kier molecular flexibility index (Phi) is 5.00. The van der Waals surface area contributed by atoms with Crippen LogP contribution in [0.1, 0.15) is 25.6 Å². The van der Waals surface area contributed by atoms with E-state index in [4.69, 9.17) is 4.84 Å². The van der Waals surface area contributed by atoms with Crippen molar-refractivity contribution < 1.29 is 14.4 Å². The van der Waals surface area contributed by atoms with Crippen molar-refractivity contribution in [3.05, 3.63) is 66.2 Å². The van der Waals surface area contributed by atoms with Gasteiger partial charge in [0.05, 0.1) is 6.10 Å². The third-order valence-electron chi connectivity index (χ3n) is 3.78. The molecule has 3 rings (SSSR count). The molecule has 1 fully saturated rings. The smallest absolute Gasteiger partial charge is 0.308 e. The third-order valence-corrected chi connectivity index (χ3v) is 3.78. The predicted octanol–water partition coefficient (Wildman–Crippen LogP) is 3.40. The van der Waals surface area contributed by atoms with Crippen molar-refractivity contribution in [2.24, 2.45) is 0 Å². The van der Waals surface area contributed by atoms with Gasteiger partial charge in [0.2, 0.25) is 0 Å². The molecule has 1 saturated heterocycles. The summed E-state index contributed by atoms with van der Waals surface area (Å²) in [6, 6.07) is 18.2. The summed E-state index contributed by atoms with van der Waals surface area (Å²) in [4.78, 5) is 32.4. The molecule has 3 amide bonds. The van der Waals surface area contributed by atoms with Crippen LogP contribution in [0.15, 0.2) is 60.7 Å². The van der Waals surface area contributed by atoms with Crippen LogP contribution in [-0.2, 0) is 9.63 Å². The summed E-state index contributed by atoms with van der Waals surface area (Å²) >= 11 is 0. The highest BCUT2D eigenvalue weighted by Crippen LogP contribution is 2.32. The molecule has 1 N–H and O–H groups in total. The molecule has 0 radical (unpaired) electrons. The Balaban J connectivity index is 1.88.